The summed E-state index contributed by atoms with van der Waals surface area (Å²) in [5, 5.41) is 7.80. The van der Waals surface area contributed by atoms with Crippen molar-refractivity contribution < 1.29 is 9.59 Å². The number of aryl methyl sites for hydroxylation is 4. The van der Waals surface area contributed by atoms with Gasteiger partial charge < -0.3 is 10.6 Å². The van der Waals surface area contributed by atoms with Crippen molar-refractivity contribution in [1.29, 1.82) is 0 Å². The van der Waals surface area contributed by atoms with Gasteiger partial charge in [0.1, 0.15) is 4.83 Å². The molecule has 2 amide bonds. The van der Waals surface area contributed by atoms with Crippen molar-refractivity contribution in [2.24, 2.45) is 0 Å². The van der Waals surface area contributed by atoms with Gasteiger partial charge in [0, 0.05) is 18.7 Å². The van der Waals surface area contributed by atoms with Gasteiger partial charge in [0.25, 0.3) is 5.56 Å². The Morgan fingerprint density at radius 1 is 1.14 bits per heavy atom. The molecule has 0 saturated heterocycles. The minimum atomic E-state index is -0.301. The van der Waals surface area contributed by atoms with Crippen molar-refractivity contribution in [2.75, 3.05) is 11.9 Å². The Morgan fingerprint density at radius 2 is 1.86 bits per heavy atom. The lowest BCUT2D eigenvalue weighted by molar-refractivity contribution is -0.124. The van der Waals surface area contributed by atoms with Crippen molar-refractivity contribution in [2.45, 2.75) is 33.7 Å². The van der Waals surface area contributed by atoms with Gasteiger partial charge in [-0.3, -0.25) is 19.0 Å². The number of thiophene rings is 1. The molecule has 3 rings (SSSR count). The Labute approximate surface area is 166 Å². The molecular weight excluding hydrogens is 376 g/mol. The predicted octanol–water partition coefficient (Wildman–Crippen LogP) is 2.53. The second-order valence-electron chi connectivity index (χ2n) is 6.73. The maximum Gasteiger partial charge on any atom is 0.262 e. The normalized spacial score (nSPS) is 10.8. The Kier molecular flexibility index (Phi) is 5.89. The Morgan fingerprint density at radius 3 is 2.57 bits per heavy atom. The molecule has 0 bridgehead atoms. The predicted molar refractivity (Wildman–Crippen MR) is 111 cm³/mol. The second-order valence-corrected chi connectivity index (χ2v) is 7.63. The molecule has 146 valence electrons. The lowest BCUT2D eigenvalue weighted by Gasteiger charge is -2.13. The molecule has 0 atom stereocenters. The highest BCUT2D eigenvalue weighted by Gasteiger charge is 2.11. The molecule has 2 N–H and O–H groups in total. The van der Waals surface area contributed by atoms with E-state index in [9.17, 15) is 14.4 Å². The van der Waals surface area contributed by atoms with Crippen LogP contribution in [0.25, 0.3) is 10.2 Å². The number of amides is 2. The summed E-state index contributed by atoms with van der Waals surface area (Å²) in [5.74, 6) is -0.591. The number of anilines is 1. The summed E-state index contributed by atoms with van der Waals surface area (Å²) in [6.07, 6.45) is 1.54. The Balaban J connectivity index is 1.52. The molecule has 2 aromatic heterocycles. The number of nitrogens with zero attached hydrogens (tertiary/aromatic N) is 2. The van der Waals surface area contributed by atoms with Crippen LogP contribution in [0.2, 0.25) is 0 Å². The number of carbonyl (C=O) groups excluding carboxylic acids is 2. The topological polar surface area (TPSA) is 93.1 Å². The van der Waals surface area contributed by atoms with Crippen LogP contribution in [-0.4, -0.2) is 27.9 Å². The third-order valence-corrected chi connectivity index (χ3v) is 5.24. The molecule has 3 aromatic rings. The fraction of sp³-hybridized carbons (Fsp3) is 0.300. The molecule has 0 saturated carbocycles. The van der Waals surface area contributed by atoms with Crippen LogP contribution in [0.4, 0.5) is 5.69 Å². The van der Waals surface area contributed by atoms with Crippen LogP contribution >= 0.6 is 11.3 Å². The lowest BCUT2D eigenvalue weighted by Crippen LogP contribution is -2.34. The summed E-state index contributed by atoms with van der Waals surface area (Å²) in [6.45, 7) is 5.96. The highest BCUT2D eigenvalue weighted by molar-refractivity contribution is 7.16. The number of rotatable bonds is 6. The van der Waals surface area contributed by atoms with Gasteiger partial charge in [-0.25, -0.2) is 4.98 Å². The molecular formula is C20H22N4O3S. The molecule has 0 aliphatic heterocycles. The quantitative estimate of drug-likeness (QED) is 0.667. The van der Waals surface area contributed by atoms with Crippen LogP contribution < -0.4 is 16.2 Å². The van der Waals surface area contributed by atoms with Gasteiger partial charge in [-0.15, -0.1) is 11.3 Å². The molecule has 8 heteroatoms. The highest BCUT2D eigenvalue weighted by atomic mass is 32.1. The minimum absolute atomic E-state index is 0.0904. The van der Waals surface area contributed by atoms with E-state index in [-0.39, 0.29) is 36.9 Å². The zero-order valence-electron chi connectivity index (χ0n) is 16.0. The maximum absolute atomic E-state index is 12.3. The first-order valence-corrected chi connectivity index (χ1v) is 9.80. The fourth-order valence-corrected chi connectivity index (χ4v) is 3.83. The van der Waals surface area contributed by atoms with Gasteiger partial charge in [-0.2, -0.15) is 0 Å². The van der Waals surface area contributed by atoms with Crippen molar-refractivity contribution in [3.8, 4) is 0 Å². The van der Waals surface area contributed by atoms with E-state index in [0.29, 0.717) is 10.2 Å². The number of benzene rings is 1. The lowest BCUT2D eigenvalue weighted by atomic mass is 10.1. The first-order chi connectivity index (χ1) is 13.3. The molecule has 0 radical (unpaired) electrons. The van der Waals surface area contributed by atoms with Crippen molar-refractivity contribution in [3.05, 3.63) is 57.0 Å². The van der Waals surface area contributed by atoms with Gasteiger partial charge in [-0.05, 0) is 43.3 Å². The third kappa shape index (κ3) is 4.45. The van der Waals surface area contributed by atoms with Crippen LogP contribution in [0, 0.1) is 20.8 Å². The summed E-state index contributed by atoms with van der Waals surface area (Å²) in [7, 11) is 0. The molecule has 28 heavy (non-hydrogen) atoms. The number of fused-ring (bicyclic) bond motifs is 1. The van der Waals surface area contributed by atoms with Gasteiger partial charge in [0.05, 0.1) is 18.3 Å². The van der Waals surface area contributed by atoms with Crippen molar-refractivity contribution >= 4 is 39.1 Å². The third-order valence-electron chi connectivity index (χ3n) is 4.42. The molecule has 7 nitrogen and oxygen atoms in total. The SMILES string of the molecule is Cc1cc(C)c(NC(=O)CNC(=O)CCn2cnc3sccc3c2=O)c(C)c1. The molecule has 0 unspecified atom stereocenters. The molecule has 0 fully saturated rings. The maximum atomic E-state index is 12.3. The van der Waals surface area contributed by atoms with E-state index in [1.807, 2.05) is 38.3 Å². The number of carbonyl (C=O) groups is 2. The standard InChI is InChI=1S/C20H22N4O3S/c1-12-8-13(2)18(14(3)9-12)23-17(26)10-21-16(25)4-6-24-11-22-19-15(20(24)27)5-7-28-19/h5,7-9,11H,4,6,10H2,1-3H3,(H,21,25)(H,23,26). The van der Waals surface area contributed by atoms with Crippen LogP contribution in [0.3, 0.4) is 0 Å². The zero-order chi connectivity index (χ0) is 20.3. The van der Waals surface area contributed by atoms with Gasteiger partial charge >= 0.3 is 0 Å². The molecule has 2 heterocycles. The first kappa shape index (κ1) is 19.8. The number of hydrogen-bond donors (Lipinski definition) is 2. The van der Waals surface area contributed by atoms with Crippen LogP contribution in [-0.2, 0) is 16.1 Å². The van der Waals surface area contributed by atoms with Gasteiger partial charge in [-0.1, -0.05) is 17.7 Å². The highest BCUT2D eigenvalue weighted by Crippen LogP contribution is 2.21. The van der Waals surface area contributed by atoms with Gasteiger partial charge in [0.2, 0.25) is 11.8 Å². The van der Waals surface area contributed by atoms with E-state index in [2.05, 4.69) is 15.6 Å². The van der Waals surface area contributed by atoms with Crippen molar-refractivity contribution in [3.63, 3.8) is 0 Å². The molecule has 0 spiro atoms. The second kappa shape index (κ2) is 8.35. The van der Waals surface area contributed by atoms with E-state index in [4.69, 9.17) is 0 Å². The number of hydrogen-bond acceptors (Lipinski definition) is 5. The number of nitrogens with one attached hydrogen (secondary N) is 2. The Hall–Kier alpha value is -3.00. The summed E-state index contributed by atoms with van der Waals surface area (Å²) >= 11 is 1.40. The zero-order valence-corrected chi connectivity index (χ0v) is 16.9. The summed E-state index contributed by atoms with van der Waals surface area (Å²) < 4.78 is 1.41. The minimum Gasteiger partial charge on any atom is -0.347 e. The van der Waals surface area contributed by atoms with Gasteiger partial charge in [0.15, 0.2) is 0 Å². The monoisotopic (exact) mass is 398 g/mol. The molecule has 0 aliphatic carbocycles. The average Bonchev–Trinajstić information content (AvgIpc) is 3.12. The largest absolute Gasteiger partial charge is 0.347 e. The first-order valence-electron chi connectivity index (χ1n) is 8.92. The Bertz CT molecular complexity index is 1080. The average molecular weight is 398 g/mol. The van der Waals surface area contributed by atoms with Crippen molar-refractivity contribution in [1.82, 2.24) is 14.9 Å². The molecule has 1 aromatic carbocycles. The van der Waals surface area contributed by atoms with E-state index in [0.717, 1.165) is 22.4 Å². The van der Waals surface area contributed by atoms with E-state index >= 15 is 0 Å². The van der Waals surface area contributed by atoms with Crippen LogP contribution in [0.15, 0.2) is 34.7 Å². The summed E-state index contributed by atoms with van der Waals surface area (Å²) in [4.78, 5) is 41.4. The van der Waals surface area contributed by atoms with Crippen LogP contribution in [0.5, 0.6) is 0 Å². The van der Waals surface area contributed by atoms with E-state index < -0.39 is 0 Å². The summed E-state index contributed by atoms with van der Waals surface area (Å²) in [5.41, 5.74) is 3.70. The smallest absolute Gasteiger partial charge is 0.262 e. The van der Waals surface area contributed by atoms with E-state index in [1.54, 1.807) is 6.07 Å². The fourth-order valence-electron chi connectivity index (χ4n) is 3.10. The summed E-state index contributed by atoms with van der Waals surface area (Å²) in [6, 6.07) is 5.72. The number of aromatic nitrogens is 2. The molecule has 0 aliphatic rings. The van der Waals surface area contributed by atoms with Crippen LogP contribution in [0.1, 0.15) is 23.1 Å². The van der Waals surface area contributed by atoms with E-state index in [1.165, 1.54) is 22.2 Å².